The van der Waals surface area contributed by atoms with Crippen LogP contribution in [0.2, 0.25) is 0 Å². The highest BCUT2D eigenvalue weighted by atomic mass is 32.2. The Bertz CT molecular complexity index is 1080. The molecule has 3 rings (SSSR count). The summed E-state index contributed by atoms with van der Waals surface area (Å²) in [6, 6.07) is 7.96. The predicted octanol–water partition coefficient (Wildman–Crippen LogP) is 4.58. The molecule has 29 heavy (non-hydrogen) atoms. The molecule has 154 valence electrons. The van der Waals surface area contributed by atoms with Crippen LogP contribution in [-0.4, -0.2) is 27.1 Å². The molecule has 1 atom stereocenters. The lowest BCUT2D eigenvalue weighted by Crippen LogP contribution is -2.17. The summed E-state index contributed by atoms with van der Waals surface area (Å²) in [4.78, 5) is -0.00602. The summed E-state index contributed by atoms with van der Waals surface area (Å²) in [5.41, 5.74) is 1.04. The Morgan fingerprint density at radius 1 is 1.17 bits per heavy atom. The topological polar surface area (TPSA) is 72.6 Å². The average Bonchev–Trinajstić information content (AvgIpc) is 3.06. The Labute approximate surface area is 165 Å². The zero-order valence-corrected chi connectivity index (χ0v) is 16.0. The fourth-order valence-electron chi connectivity index (χ4n) is 2.80. The lowest BCUT2D eigenvalue weighted by atomic mass is 9.98. The van der Waals surface area contributed by atoms with Gasteiger partial charge in [-0.3, -0.25) is 4.21 Å². The number of aryl methyl sites for hydroxylation is 1. The molecule has 0 aliphatic heterocycles. The summed E-state index contributed by atoms with van der Waals surface area (Å²) in [6.07, 6.45) is -3.54. The van der Waals surface area contributed by atoms with Crippen LogP contribution < -0.4 is 4.74 Å². The molecule has 5 nitrogen and oxygen atoms in total. The van der Waals surface area contributed by atoms with E-state index in [1.807, 2.05) is 0 Å². The summed E-state index contributed by atoms with van der Waals surface area (Å²) in [7, 11) is -1.55. The second-order valence-corrected chi connectivity index (χ2v) is 7.46. The molecule has 3 aromatic rings. The Hall–Kier alpha value is -2.72. The van der Waals surface area contributed by atoms with Gasteiger partial charge in [-0.2, -0.15) is 0 Å². The van der Waals surface area contributed by atoms with Gasteiger partial charge in [0.05, 0.1) is 21.3 Å². The number of aromatic nitrogens is 1. The highest BCUT2D eigenvalue weighted by Gasteiger charge is 2.32. The van der Waals surface area contributed by atoms with Crippen molar-refractivity contribution >= 4 is 10.8 Å². The van der Waals surface area contributed by atoms with Crippen LogP contribution in [0.4, 0.5) is 17.6 Å². The van der Waals surface area contributed by atoms with Crippen LogP contribution >= 0.6 is 0 Å². The number of nitrogens with zero attached hydrogens (tertiary/aromatic N) is 1. The fourth-order valence-corrected chi connectivity index (χ4v) is 3.39. The van der Waals surface area contributed by atoms with E-state index in [4.69, 9.17) is 4.52 Å². The maximum absolute atomic E-state index is 14.3. The van der Waals surface area contributed by atoms with E-state index in [0.29, 0.717) is 0 Å². The van der Waals surface area contributed by atoms with Gasteiger partial charge in [0.15, 0.2) is 5.76 Å². The van der Waals surface area contributed by atoms with E-state index in [1.165, 1.54) is 37.4 Å². The first-order valence-electron chi connectivity index (χ1n) is 8.20. The van der Waals surface area contributed by atoms with Gasteiger partial charge < -0.3 is 14.4 Å². The van der Waals surface area contributed by atoms with E-state index >= 15 is 0 Å². The minimum Gasteiger partial charge on any atom is -0.405 e. The number of aliphatic hydroxyl groups is 1. The molecule has 0 spiro atoms. The quantitative estimate of drug-likeness (QED) is 0.601. The van der Waals surface area contributed by atoms with Crippen molar-refractivity contribution in [3.8, 4) is 28.1 Å². The monoisotopic (exact) mass is 429 g/mol. The lowest BCUT2D eigenvalue weighted by Gasteiger charge is -2.13. The van der Waals surface area contributed by atoms with Crippen molar-refractivity contribution in [2.24, 2.45) is 0 Å². The lowest BCUT2D eigenvalue weighted by molar-refractivity contribution is -0.274. The molecule has 0 amide bonds. The molecule has 0 aliphatic carbocycles. The van der Waals surface area contributed by atoms with E-state index in [9.17, 15) is 26.9 Å². The minimum atomic E-state index is -4.87. The van der Waals surface area contributed by atoms with Crippen LogP contribution in [0.15, 0.2) is 45.8 Å². The number of hydrogen-bond donors (Lipinski definition) is 1. The van der Waals surface area contributed by atoms with Crippen molar-refractivity contribution in [1.82, 2.24) is 5.16 Å². The molecular formula is C19H15F4NO4S. The van der Waals surface area contributed by atoms with Gasteiger partial charge in [0, 0.05) is 11.8 Å². The zero-order chi connectivity index (χ0) is 21.3. The van der Waals surface area contributed by atoms with E-state index < -0.39 is 35.3 Å². The Morgan fingerprint density at radius 3 is 2.45 bits per heavy atom. The van der Waals surface area contributed by atoms with Crippen LogP contribution in [0.5, 0.6) is 5.75 Å². The zero-order valence-electron chi connectivity index (χ0n) is 15.2. The first-order valence-corrected chi connectivity index (χ1v) is 9.76. The molecule has 10 heteroatoms. The molecule has 0 saturated heterocycles. The number of rotatable bonds is 5. The molecule has 0 aliphatic rings. The third-order valence-corrected chi connectivity index (χ3v) is 5.07. The molecule has 0 fully saturated rings. The van der Waals surface area contributed by atoms with Gasteiger partial charge in [0.25, 0.3) is 0 Å². The molecule has 1 aromatic heterocycles. The summed E-state index contributed by atoms with van der Waals surface area (Å²) < 4.78 is 72.9. The molecule has 1 N–H and O–H groups in total. The van der Waals surface area contributed by atoms with Gasteiger partial charge in [-0.05, 0) is 36.2 Å². The van der Waals surface area contributed by atoms with E-state index in [0.717, 1.165) is 12.1 Å². The van der Waals surface area contributed by atoms with Crippen LogP contribution in [0.3, 0.4) is 0 Å². The van der Waals surface area contributed by atoms with Crippen LogP contribution in [0.25, 0.3) is 22.4 Å². The number of alkyl halides is 3. The van der Waals surface area contributed by atoms with Crippen LogP contribution in [0, 0.1) is 12.7 Å². The third-order valence-electron chi connectivity index (χ3n) is 4.12. The van der Waals surface area contributed by atoms with Crippen molar-refractivity contribution in [2.45, 2.75) is 24.8 Å². The largest absolute Gasteiger partial charge is 0.573 e. The van der Waals surface area contributed by atoms with Gasteiger partial charge in [-0.15, -0.1) is 13.2 Å². The van der Waals surface area contributed by atoms with Crippen molar-refractivity contribution in [3.63, 3.8) is 0 Å². The van der Waals surface area contributed by atoms with Gasteiger partial charge >= 0.3 is 6.36 Å². The normalized spacial score (nSPS) is 12.8. The van der Waals surface area contributed by atoms with Gasteiger partial charge in [0.1, 0.15) is 23.9 Å². The second kappa shape index (κ2) is 7.96. The van der Waals surface area contributed by atoms with Crippen molar-refractivity contribution in [3.05, 3.63) is 53.5 Å². The third kappa shape index (κ3) is 4.48. The number of benzene rings is 2. The Balaban J connectivity index is 2.14. The summed E-state index contributed by atoms with van der Waals surface area (Å²) in [5, 5.41) is 13.4. The summed E-state index contributed by atoms with van der Waals surface area (Å²) in [5.74, 6) is -1.15. The smallest absolute Gasteiger partial charge is 0.405 e. The Kier molecular flexibility index (Phi) is 5.76. The first-order chi connectivity index (χ1) is 13.6. The number of halogens is 4. The molecule has 2 aromatic carbocycles. The maximum atomic E-state index is 14.3. The molecule has 1 heterocycles. The standard InChI is InChI=1S/C19H15F4NO4S/c1-10-3-4-12(8-14(10)27-19(21,22)23)18-17(15(9-25)28-24-18)11-5-6-16(29(2)26)13(20)7-11/h3-8,25H,9H2,1-2H3. The molecular weight excluding hydrogens is 414 g/mol. The van der Waals surface area contributed by atoms with Crippen molar-refractivity contribution < 1.29 is 36.1 Å². The number of aliphatic hydroxyl groups excluding tert-OH is 1. The maximum Gasteiger partial charge on any atom is 0.573 e. The molecule has 1 unspecified atom stereocenters. The second-order valence-electron chi connectivity index (χ2n) is 6.11. The Morgan fingerprint density at radius 2 is 1.86 bits per heavy atom. The first kappa shape index (κ1) is 21.0. The average molecular weight is 429 g/mol. The van der Waals surface area contributed by atoms with Crippen LogP contribution in [-0.2, 0) is 17.4 Å². The van der Waals surface area contributed by atoms with E-state index in [-0.39, 0.29) is 38.6 Å². The number of ether oxygens (including phenoxy) is 1. The number of hydrogen-bond acceptors (Lipinski definition) is 5. The van der Waals surface area contributed by atoms with Gasteiger partial charge in [0.2, 0.25) is 0 Å². The highest BCUT2D eigenvalue weighted by Crippen LogP contribution is 2.38. The van der Waals surface area contributed by atoms with E-state index in [2.05, 4.69) is 9.89 Å². The van der Waals surface area contributed by atoms with Crippen molar-refractivity contribution in [1.29, 1.82) is 0 Å². The molecule has 0 radical (unpaired) electrons. The summed E-state index contributed by atoms with van der Waals surface area (Å²) >= 11 is 0. The highest BCUT2D eigenvalue weighted by molar-refractivity contribution is 7.84. The van der Waals surface area contributed by atoms with Crippen molar-refractivity contribution in [2.75, 3.05) is 6.26 Å². The molecule has 0 saturated carbocycles. The van der Waals surface area contributed by atoms with Gasteiger partial charge in [-0.1, -0.05) is 23.4 Å². The SMILES string of the molecule is Cc1ccc(-c2noc(CO)c2-c2ccc(S(C)=O)c(F)c2)cc1OC(F)(F)F. The van der Waals surface area contributed by atoms with Crippen LogP contribution in [0.1, 0.15) is 11.3 Å². The predicted molar refractivity (Wildman–Crippen MR) is 97.0 cm³/mol. The fraction of sp³-hybridized carbons (Fsp3) is 0.211. The summed E-state index contributed by atoms with van der Waals surface area (Å²) in [6.45, 7) is 0.885. The minimum absolute atomic E-state index is 0.00337. The molecule has 0 bridgehead atoms. The van der Waals surface area contributed by atoms with E-state index in [1.54, 1.807) is 0 Å². The van der Waals surface area contributed by atoms with Gasteiger partial charge in [-0.25, -0.2) is 4.39 Å².